The summed E-state index contributed by atoms with van der Waals surface area (Å²) in [6.45, 7) is 13.2. The Kier molecular flexibility index (Phi) is 11.6. The van der Waals surface area contributed by atoms with Gasteiger partial charge in [0.25, 0.3) is 0 Å². The highest BCUT2D eigenvalue weighted by Crippen LogP contribution is 2.26. The quantitative estimate of drug-likeness (QED) is 0.253. The topological polar surface area (TPSA) is 60.9 Å². The zero-order valence-electron chi connectivity index (χ0n) is 19.5. The van der Waals surface area contributed by atoms with E-state index in [1.807, 2.05) is 0 Å². The third kappa shape index (κ3) is 7.87. The van der Waals surface area contributed by atoms with Crippen LogP contribution in [0.3, 0.4) is 0 Å². The standard InChI is InChI=1S/C24H41N5O.HI/c1-4-25-23(26-18-22-12-9-15-29(22)5-2)27-19-24(13-16-30-17-14-24)28-20(3)21-10-7-6-8-11-21;/h6-8,10-11,20,22,28H,4-5,9,12-19H2,1-3H3,(H2,25,26,27);1H. The number of nitrogens with zero attached hydrogens (tertiary/aromatic N) is 2. The maximum Gasteiger partial charge on any atom is 0.191 e. The van der Waals surface area contributed by atoms with E-state index in [1.54, 1.807) is 0 Å². The number of rotatable bonds is 9. The molecule has 0 spiro atoms. The highest BCUT2D eigenvalue weighted by Gasteiger charge is 2.34. The molecule has 2 atom stereocenters. The van der Waals surface area contributed by atoms with Crippen molar-refractivity contribution in [2.24, 2.45) is 4.99 Å². The van der Waals surface area contributed by atoms with Crippen molar-refractivity contribution in [3.63, 3.8) is 0 Å². The van der Waals surface area contributed by atoms with Crippen LogP contribution in [0.1, 0.15) is 58.1 Å². The molecule has 2 fully saturated rings. The number of halogens is 1. The molecule has 0 aliphatic carbocycles. The van der Waals surface area contributed by atoms with Gasteiger partial charge in [-0.25, -0.2) is 0 Å². The van der Waals surface area contributed by atoms with Crippen LogP contribution in [0.2, 0.25) is 0 Å². The van der Waals surface area contributed by atoms with Crippen LogP contribution in [0.5, 0.6) is 0 Å². The summed E-state index contributed by atoms with van der Waals surface area (Å²) in [6, 6.07) is 11.6. The first-order valence-corrected chi connectivity index (χ1v) is 11.8. The third-order valence-corrected chi connectivity index (χ3v) is 6.57. The summed E-state index contributed by atoms with van der Waals surface area (Å²) in [6.07, 6.45) is 4.55. The summed E-state index contributed by atoms with van der Waals surface area (Å²) in [5.74, 6) is 0.931. The second-order valence-corrected chi connectivity index (χ2v) is 8.67. The lowest BCUT2D eigenvalue weighted by Gasteiger charge is -2.39. The molecule has 7 heteroatoms. The zero-order chi connectivity index (χ0) is 21.2. The number of aliphatic imine (C=N–C) groups is 1. The minimum atomic E-state index is -0.0291. The van der Waals surface area contributed by atoms with E-state index < -0.39 is 0 Å². The summed E-state index contributed by atoms with van der Waals surface area (Å²) in [5.41, 5.74) is 1.29. The lowest BCUT2D eigenvalue weighted by molar-refractivity contribution is 0.0374. The number of hydrogen-bond acceptors (Lipinski definition) is 4. The van der Waals surface area contributed by atoms with Crippen LogP contribution in [-0.4, -0.2) is 68.4 Å². The first-order chi connectivity index (χ1) is 14.7. The van der Waals surface area contributed by atoms with Gasteiger partial charge in [0.1, 0.15) is 0 Å². The van der Waals surface area contributed by atoms with Crippen LogP contribution in [0.25, 0.3) is 0 Å². The third-order valence-electron chi connectivity index (χ3n) is 6.57. The molecule has 0 radical (unpaired) electrons. The Balaban J connectivity index is 0.00000341. The van der Waals surface area contributed by atoms with Crippen LogP contribution in [0.4, 0.5) is 0 Å². The maximum absolute atomic E-state index is 5.68. The van der Waals surface area contributed by atoms with E-state index in [2.05, 4.69) is 72.0 Å². The van der Waals surface area contributed by atoms with E-state index in [0.717, 1.165) is 58.2 Å². The molecule has 2 heterocycles. The molecule has 3 N–H and O–H groups in total. The molecule has 2 saturated heterocycles. The van der Waals surface area contributed by atoms with E-state index in [-0.39, 0.29) is 35.6 Å². The minimum absolute atomic E-state index is 0. The Bertz CT molecular complexity index is 651. The van der Waals surface area contributed by atoms with Crippen LogP contribution in [-0.2, 0) is 4.74 Å². The number of nitrogens with one attached hydrogen (secondary N) is 3. The van der Waals surface area contributed by atoms with E-state index in [4.69, 9.17) is 9.73 Å². The van der Waals surface area contributed by atoms with Crippen molar-refractivity contribution >= 4 is 29.9 Å². The van der Waals surface area contributed by atoms with Crippen LogP contribution in [0.15, 0.2) is 35.3 Å². The minimum Gasteiger partial charge on any atom is -0.381 e. The van der Waals surface area contributed by atoms with Gasteiger partial charge < -0.3 is 20.7 Å². The largest absolute Gasteiger partial charge is 0.381 e. The Labute approximate surface area is 206 Å². The molecule has 2 aliphatic rings. The van der Waals surface area contributed by atoms with Gasteiger partial charge in [0.15, 0.2) is 5.96 Å². The van der Waals surface area contributed by atoms with E-state index >= 15 is 0 Å². The number of likely N-dealkylation sites (tertiary alicyclic amines) is 1. The van der Waals surface area contributed by atoms with Crippen molar-refractivity contribution in [1.82, 2.24) is 20.9 Å². The molecule has 1 aromatic carbocycles. The fourth-order valence-electron chi connectivity index (χ4n) is 4.72. The molecule has 0 aromatic heterocycles. The average Bonchev–Trinajstić information content (AvgIpc) is 3.24. The van der Waals surface area contributed by atoms with Gasteiger partial charge in [-0.2, -0.15) is 0 Å². The van der Waals surface area contributed by atoms with Gasteiger partial charge in [-0.05, 0) is 58.2 Å². The molecule has 176 valence electrons. The first kappa shape index (κ1) is 26.4. The van der Waals surface area contributed by atoms with Gasteiger partial charge in [0.2, 0.25) is 0 Å². The van der Waals surface area contributed by atoms with Crippen LogP contribution >= 0.6 is 24.0 Å². The van der Waals surface area contributed by atoms with Crippen molar-refractivity contribution in [2.75, 3.05) is 45.9 Å². The van der Waals surface area contributed by atoms with Gasteiger partial charge in [-0.3, -0.25) is 9.89 Å². The zero-order valence-corrected chi connectivity index (χ0v) is 21.9. The van der Waals surface area contributed by atoms with Crippen molar-refractivity contribution in [2.45, 2.75) is 64.1 Å². The predicted octanol–water partition coefficient (Wildman–Crippen LogP) is 3.54. The lowest BCUT2D eigenvalue weighted by Crippen LogP contribution is -2.53. The van der Waals surface area contributed by atoms with Crippen molar-refractivity contribution < 1.29 is 4.74 Å². The van der Waals surface area contributed by atoms with Gasteiger partial charge in [0, 0.05) is 43.9 Å². The lowest BCUT2D eigenvalue weighted by atomic mass is 9.88. The normalized spacial score (nSPS) is 22.5. The van der Waals surface area contributed by atoms with Crippen LogP contribution in [0, 0.1) is 0 Å². The highest BCUT2D eigenvalue weighted by atomic mass is 127. The second-order valence-electron chi connectivity index (χ2n) is 8.67. The fraction of sp³-hybridized carbons (Fsp3) is 0.708. The number of benzene rings is 1. The van der Waals surface area contributed by atoms with Crippen molar-refractivity contribution in [3.8, 4) is 0 Å². The Morgan fingerprint density at radius 3 is 2.61 bits per heavy atom. The van der Waals surface area contributed by atoms with Gasteiger partial charge in [-0.15, -0.1) is 24.0 Å². The Morgan fingerprint density at radius 2 is 1.94 bits per heavy atom. The molecule has 31 heavy (non-hydrogen) atoms. The number of guanidine groups is 1. The Morgan fingerprint density at radius 1 is 1.19 bits per heavy atom. The maximum atomic E-state index is 5.68. The molecule has 0 bridgehead atoms. The monoisotopic (exact) mass is 543 g/mol. The van der Waals surface area contributed by atoms with Crippen molar-refractivity contribution in [3.05, 3.63) is 35.9 Å². The summed E-state index contributed by atoms with van der Waals surface area (Å²) < 4.78 is 5.68. The summed E-state index contributed by atoms with van der Waals surface area (Å²) >= 11 is 0. The number of hydrogen-bond donors (Lipinski definition) is 3. The molecule has 0 saturated carbocycles. The summed E-state index contributed by atoms with van der Waals surface area (Å²) in [7, 11) is 0. The first-order valence-electron chi connectivity index (χ1n) is 11.8. The van der Waals surface area contributed by atoms with Crippen LogP contribution < -0.4 is 16.0 Å². The average molecular weight is 544 g/mol. The molecule has 2 unspecified atom stereocenters. The van der Waals surface area contributed by atoms with E-state index in [9.17, 15) is 0 Å². The number of ether oxygens (including phenoxy) is 1. The highest BCUT2D eigenvalue weighted by molar-refractivity contribution is 14.0. The summed E-state index contributed by atoms with van der Waals surface area (Å²) in [5, 5.41) is 11.0. The molecule has 3 rings (SSSR count). The molecule has 6 nitrogen and oxygen atoms in total. The SMILES string of the molecule is CCNC(=NCC1(NC(C)c2ccccc2)CCOCC1)NCC1CCCN1CC.I. The smallest absolute Gasteiger partial charge is 0.191 e. The Hall–Kier alpha value is -0.900. The van der Waals surface area contributed by atoms with Gasteiger partial charge >= 0.3 is 0 Å². The molecular formula is C24H42IN5O. The predicted molar refractivity (Wildman–Crippen MR) is 140 cm³/mol. The van der Waals surface area contributed by atoms with E-state index in [0.29, 0.717) is 6.04 Å². The van der Waals surface area contributed by atoms with Gasteiger partial charge in [-0.1, -0.05) is 37.3 Å². The second kappa shape index (κ2) is 13.6. The van der Waals surface area contributed by atoms with Crippen molar-refractivity contribution in [1.29, 1.82) is 0 Å². The molecule has 1 aromatic rings. The molecular weight excluding hydrogens is 501 g/mol. The summed E-state index contributed by atoms with van der Waals surface area (Å²) in [4.78, 5) is 7.59. The van der Waals surface area contributed by atoms with Gasteiger partial charge in [0.05, 0.1) is 6.54 Å². The van der Waals surface area contributed by atoms with E-state index in [1.165, 1.54) is 24.9 Å². The molecule has 2 aliphatic heterocycles. The number of likely N-dealkylation sites (N-methyl/N-ethyl adjacent to an activating group) is 1. The fourth-order valence-corrected chi connectivity index (χ4v) is 4.72. The molecule has 0 amide bonds.